The molecule has 1 aromatic rings. The minimum atomic E-state index is -5.86. The minimum Gasteiger partial charge on any atom is -0.383 e. The first-order valence-corrected chi connectivity index (χ1v) is 15.1. The molecule has 0 aromatic heterocycles. The molecule has 1 aliphatic heterocycles. The van der Waals surface area contributed by atoms with Crippen molar-refractivity contribution < 1.29 is 36.5 Å². The Labute approximate surface area is 249 Å². The van der Waals surface area contributed by atoms with Crippen molar-refractivity contribution in [2.24, 2.45) is 22.7 Å². The molecule has 5 atom stereocenters. The molecular formula is C34H38F5NO3. The summed E-state index contributed by atoms with van der Waals surface area (Å²) in [5, 5.41) is 20.4. The molecule has 2 saturated carbocycles. The lowest BCUT2D eigenvalue weighted by atomic mass is 9.50. The highest BCUT2D eigenvalue weighted by Gasteiger charge is 2.79. The number of halogens is 5. The topological polar surface area (TPSA) is 62.5 Å². The van der Waals surface area contributed by atoms with Crippen LogP contribution in [0.5, 0.6) is 0 Å². The van der Waals surface area contributed by atoms with Crippen molar-refractivity contribution in [3.63, 3.8) is 0 Å². The summed E-state index contributed by atoms with van der Waals surface area (Å²) >= 11 is 0. The fraction of sp³-hybridized carbons (Fsp3) is 0.618. The largest absolute Gasteiger partial charge is 0.456 e. The Morgan fingerprint density at radius 1 is 0.977 bits per heavy atom. The highest BCUT2D eigenvalue weighted by Crippen LogP contribution is 2.70. The summed E-state index contributed by atoms with van der Waals surface area (Å²) in [5.41, 5.74) is -0.0421. The number of benzene rings is 1. The molecule has 0 radical (unpaired) electrons. The van der Waals surface area contributed by atoms with Crippen molar-refractivity contribution in [2.45, 2.75) is 95.1 Å². The number of aliphatic hydroxyl groups is 1. The van der Waals surface area contributed by atoms with E-state index in [2.05, 4.69) is 19.9 Å². The first-order valence-electron chi connectivity index (χ1n) is 15.1. The van der Waals surface area contributed by atoms with Crippen LogP contribution in [0.4, 0.5) is 22.0 Å². The molecule has 1 N–H and O–H groups in total. The van der Waals surface area contributed by atoms with Crippen LogP contribution in [0.1, 0.15) is 82.8 Å². The highest BCUT2D eigenvalue weighted by atomic mass is 19.4. The van der Waals surface area contributed by atoms with Crippen molar-refractivity contribution in [2.75, 3.05) is 13.2 Å². The van der Waals surface area contributed by atoms with Crippen molar-refractivity contribution >= 4 is 6.08 Å². The van der Waals surface area contributed by atoms with Crippen molar-refractivity contribution in [3.8, 4) is 6.07 Å². The molecule has 0 bridgehead atoms. The van der Waals surface area contributed by atoms with Crippen LogP contribution in [-0.4, -0.2) is 41.8 Å². The Kier molecular flexibility index (Phi) is 7.08. The van der Waals surface area contributed by atoms with Crippen LogP contribution >= 0.6 is 0 Å². The molecule has 1 saturated heterocycles. The third-order valence-electron chi connectivity index (χ3n) is 11.0. The summed E-state index contributed by atoms with van der Waals surface area (Å²) in [7, 11) is 0. The molecule has 1 spiro atoms. The maximum absolute atomic E-state index is 15.2. The zero-order valence-electron chi connectivity index (χ0n) is 24.7. The molecule has 2 unspecified atom stereocenters. The van der Waals surface area contributed by atoms with E-state index in [1.165, 1.54) is 13.0 Å². The molecule has 4 nitrogen and oxygen atoms in total. The number of nitrogens with zero attached hydrogens (tertiary/aromatic N) is 1. The van der Waals surface area contributed by atoms with Gasteiger partial charge in [0.05, 0.1) is 19.3 Å². The number of ether oxygens (including phenoxy) is 2. The van der Waals surface area contributed by atoms with Crippen molar-refractivity contribution in [1.82, 2.24) is 0 Å². The number of rotatable bonds is 3. The monoisotopic (exact) mass is 603 g/mol. The second-order valence-electron chi connectivity index (χ2n) is 14.2. The van der Waals surface area contributed by atoms with E-state index in [4.69, 9.17) is 14.7 Å². The van der Waals surface area contributed by atoms with Crippen LogP contribution in [0.15, 0.2) is 53.1 Å². The van der Waals surface area contributed by atoms with E-state index in [0.717, 1.165) is 27.8 Å². The third kappa shape index (κ3) is 4.62. The quantitative estimate of drug-likeness (QED) is 0.279. The Hall–Kier alpha value is -2.54. The summed E-state index contributed by atoms with van der Waals surface area (Å²) in [5.74, 6) is -7.24. The van der Waals surface area contributed by atoms with E-state index in [9.17, 15) is 18.3 Å². The fourth-order valence-electron chi connectivity index (χ4n) is 8.76. The molecule has 3 fully saturated rings. The van der Waals surface area contributed by atoms with Gasteiger partial charge in [-0.3, -0.25) is 0 Å². The number of hydrogen-bond acceptors (Lipinski definition) is 4. The number of alkyl halides is 5. The Bertz CT molecular complexity index is 1410. The van der Waals surface area contributed by atoms with Gasteiger partial charge in [-0.15, -0.1) is 0 Å². The predicted molar refractivity (Wildman–Crippen MR) is 151 cm³/mol. The second kappa shape index (κ2) is 9.98. The van der Waals surface area contributed by atoms with Gasteiger partial charge in [0.2, 0.25) is 0 Å². The lowest BCUT2D eigenvalue weighted by Gasteiger charge is -2.56. The Morgan fingerprint density at radius 2 is 1.65 bits per heavy atom. The van der Waals surface area contributed by atoms with Crippen LogP contribution < -0.4 is 0 Å². The predicted octanol–water partition coefficient (Wildman–Crippen LogP) is 8.25. The van der Waals surface area contributed by atoms with Gasteiger partial charge in [-0.25, -0.2) is 0 Å². The summed E-state index contributed by atoms with van der Waals surface area (Å²) < 4.78 is 84.5. The molecule has 9 heteroatoms. The molecule has 232 valence electrons. The van der Waals surface area contributed by atoms with Gasteiger partial charge in [-0.1, -0.05) is 50.6 Å². The first-order chi connectivity index (χ1) is 20.1. The lowest BCUT2D eigenvalue weighted by molar-refractivity contribution is -0.362. The van der Waals surface area contributed by atoms with Crippen LogP contribution in [0.2, 0.25) is 0 Å². The first kappa shape index (κ1) is 30.5. The van der Waals surface area contributed by atoms with Gasteiger partial charge in [0, 0.05) is 29.2 Å². The molecule has 6 rings (SSSR count). The molecular weight excluding hydrogens is 565 g/mol. The van der Waals surface area contributed by atoms with Gasteiger partial charge in [0.25, 0.3) is 0 Å². The third-order valence-corrected chi connectivity index (χ3v) is 11.0. The van der Waals surface area contributed by atoms with E-state index >= 15 is 8.78 Å². The second-order valence-corrected chi connectivity index (χ2v) is 14.2. The summed E-state index contributed by atoms with van der Waals surface area (Å²) in [6, 6.07) is 9.33. The maximum Gasteiger partial charge on any atom is 0.456 e. The zero-order valence-corrected chi connectivity index (χ0v) is 24.7. The van der Waals surface area contributed by atoms with Gasteiger partial charge < -0.3 is 14.6 Å². The molecule has 0 amide bonds. The van der Waals surface area contributed by atoms with Gasteiger partial charge in [0.15, 0.2) is 5.79 Å². The van der Waals surface area contributed by atoms with Crippen LogP contribution in [0.3, 0.4) is 0 Å². The number of fused-ring (bicyclic) bond motifs is 4. The lowest BCUT2D eigenvalue weighted by Crippen LogP contribution is -2.65. The standard InChI is InChI=1S/C34H38F5NO3/c1-29(2)19-42-31(43-20-29)14-12-24-23(17-31)10-11-25-27-13-15-32(41,33(35,36)34(37,38)39)30(27,3)18-26(28(24)25)22-8-6-21(7-9-22)5-4-16-40/h4-9,17,25-27,41H,10-15,18-20H2,1-3H3/b5-4-/t25?,26-,27?,30+,32+/m1/s1. The van der Waals surface area contributed by atoms with Crippen molar-refractivity contribution in [3.05, 3.63) is 64.3 Å². The average molecular weight is 604 g/mol. The smallest absolute Gasteiger partial charge is 0.383 e. The molecule has 43 heavy (non-hydrogen) atoms. The van der Waals surface area contributed by atoms with Gasteiger partial charge in [0.1, 0.15) is 5.60 Å². The van der Waals surface area contributed by atoms with E-state index in [-0.39, 0.29) is 24.2 Å². The van der Waals surface area contributed by atoms with Gasteiger partial charge in [-0.05, 0) is 84.8 Å². The fourth-order valence-corrected chi connectivity index (χ4v) is 8.76. The Morgan fingerprint density at radius 3 is 2.28 bits per heavy atom. The van der Waals surface area contributed by atoms with E-state index in [0.29, 0.717) is 38.9 Å². The zero-order chi connectivity index (χ0) is 31.1. The average Bonchev–Trinajstić information content (AvgIpc) is 3.24. The minimum absolute atomic E-state index is 0.0256. The summed E-state index contributed by atoms with van der Waals surface area (Å²) in [6.45, 7) is 6.75. The van der Waals surface area contributed by atoms with E-state index in [1.54, 1.807) is 6.08 Å². The maximum atomic E-state index is 15.2. The van der Waals surface area contributed by atoms with Gasteiger partial charge >= 0.3 is 12.1 Å². The summed E-state index contributed by atoms with van der Waals surface area (Å²) in [4.78, 5) is 0. The number of allylic oxidation sites excluding steroid dienone is 4. The number of nitriles is 1. The number of hydrogen-bond donors (Lipinski definition) is 1. The molecule has 5 aliphatic rings. The van der Waals surface area contributed by atoms with E-state index < -0.39 is 47.2 Å². The van der Waals surface area contributed by atoms with Crippen molar-refractivity contribution in [1.29, 1.82) is 5.26 Å². The molecule has 4 aliphatic carbocycles. The summed E-state index contributed by atoms with van der Waals surface area (Å²) in [6.07, 6.45) is 1.19. The SMILES string of the molecule is CC1(C)COC2(C=C3CCC4C(=C3CC2)[C@@H](c2ccc(/C=C\C#N)cc2)C[C@@]2(C)C4CC[C@@]2(O)C(F)(F)C(F)(F)F)OC1. The Balaban J connectivity index is 1.46. The van der Waals surface area contributed by atoms with Crippen LogP contribution in [0, 0.1) is 34.0 Å². The molecule has 1 aromatic carbocycles. The van der Waals surface area contributed by atoms with Crippen LogP contribution in [-0.2, 0) is 9.47 Å². The van der Waals surface area contributed by atoms with Crippen LogP contribution in [0.25, 0.3) is 6.08 Å². The van der Waals surface area contributed by atoms with E-state index in [1.807, 2.05) is 30.3 Å². The normalized spacial score (nSPS) is 35.3. The molecule has 1 heterocycles. The van der Waals surface area contributed by atoms with Gasteiger partial charge in [-0.2, -0.15) is 27.2 Å². The highest BCUT2D eigenvalue weighted by molar-refractivity contribution is 5.54.